The fraction of sp³-hybridized carbons (Fsp3) is 0.458. The third-order valence-electron chi connectivity index (χ3n) is 6.93. The minimum atomic E-state index is -3.73. The summed E-state index contributed by atoms with van der Waals surface area (Å²) in [5, 5.41) is 7.36. The van der Waals surface area contributed by atoms with Crippen molar-refractivity contribution in [1.29, 1.82) is 0 Å². The lowest BCUT2D eigenvalue weighted by Gasteiger charge is -2.21. The van der Waals surface area contributed by atoms with Gasteiger partial charge in [0.2, 0.25) is 21.8 Å². The molecule has 4 unspecified atom stereocenters. The lowest BCUT2D eigenvalue weighted by molar-refractivity contribution is -0.130. The Bertz CT molecular complexity index is 1350. The number of nitrogens with one attached hydrogen (secondary N) is 3. The molecule has 2 aliphatic carbocycles. The van der Waals surface area contributed by atoms with Gasteiger partial charge in [0, 0.05) is 34.7 Å². The largest absolute Gasteiger partial charge is 0.494 e. The highest BCUT2D eigenvalue weighted by Crippen LogP contribution is 2.45. The maximum absolute atomic E-state index is 13.1. The highest BCUT2D eigenvalue weighted by Gasteiger charge is 2.61. The van der Waals surface area contributed by atoms with Crippen molar-refractivity contribution in [2.75, 3.05) is 13.7 Å². The molecule has 10 nitrogen and oxygen atoms in total. The summed E-state index contributed by atoms with van der Waals surface area (Å²) in [6.45, 7) is 4.09. The number of amides is 2. The van der Waals surface area contributed by atoms with Gasteiger partial charge in [-0.25, -0.2) is 13.4 Å². The second-order valence-electron chi connectivity index (χ2n) is 9.44. The van der Waals surface area contributed by atoms with E-state index in [9.17, 15) is 18.0 Å². The number of fused-ring (bicyclic) bond motifs is 1. The molecule has 3 fully saturated rings. The fourth-order valence-electron chi connectivity index (χ4n) is 4.59. The minimum Gasteiger partial charge on any atom is -0.494 e. The Hall–Kier alpha value is -2.60. The lowest BCUT2D eigenvalue weighted by Crippen LogP contribution is -2.55. The van der Waals surface area contributed by atoms with Crippen molar-refractivity contribution >= 4 is 56.6 Å². The Balaban J connectivity index is 0.00000320. The molecule has 1 aliphatic heterocycles. The van der Waals surface area contributed by atoms with Crippen LogP contribution < -0.4 is 24.8 Å². The van der Waals surface area contributed by atoms with Gasteiger partial charge in [-0.2, -0.15) is 0 Å². The van der Waals surface area contributed by atoms with Gasteiger partial charge < -0.3 is 20.1 Å². The molecule has 200 valence electrons. The molecule has 13 heteroatoms. The lowest BCUT2D eigenvalue weighted by atomic mass is 10.1. The number of sulfonamides is 1. The van der Waals surface area contributed by atoms with Crippen LogP contribution in [0.5, 0.6) is 11.6 Å². The molecular weight excluding hydrogens is 543 g/mol. The molecule has 37 heavy (non-hydrogen) atoms. The number of methoxy groups -OCH3 is 1. The van der Waals surface area contributed by atoms with Crippen LogP contribution in [0.3, 0.4) is 0 Å². The molecule has 1 aromatic carbocycles. The van der Waals surface area contributed by atoms with Crippen LogP contribution >= 0.6 is 24.0 Å². The number of pyridine rings is 1. The summed E-state index contributed by atoms with van der Waals surface area (Å²) >= 11 is 6.18. The van der Waals surface area contributed by atoms with Crippen LogP contribution in [-0.4, -0.2) is 61.8 Å². The van der Waals surface area contributed by atoms with Gasteiger partial charge in [-0.3, -0.25) is 14.3 Å². The molecule has 4 atom stereocenters. The molecule has 2 saturated carbocycles. The predicted octanol–water partition coefficient (Wildman–Crippen LogP) is 2.10. The average molecular weight is 571 g/mol. The van der Waals surface area contributed by atoms with Gasteiger partial charge >= 0.3 is 0 Å². The van der Waals surface area contributed by atoms with Crippen LogP contribution in [0, 0.1) is 5.92 Å². The van der Waals surface area contributed by atoms with Gasteiger partial charge in [0.05, 0.1) is 24.6 Å². The first-order chi connectivity index (χ1) is 17.2. The molecule has 2 aromatic rings. The maximum atomic E-state index is 13.1. The average Bonchev–Trinajstić information content (AvgIpc) is 3.76. The van der Waals surface area contributed by atoms with E-state index in [1.165, 1.54) is 0 Å². The second-order valence-corrected chi connectivity index (χ2v) is 11.8. The third kappa shape index (κ3) is 5.36. The van der Waals surface area contributed by atoms with Crippen molar-refractivity contribution in [3.8, 4) is 11.6 Å². The van der Waals surface area contributed by atoms with E-state index in [1.54, 1.807) is 31.5 Å². The highest BCUT2D eigenvalue weighted by molar-refractivity contribution is 7.91. The Kier molecular flexibility index (Phi) is 7.62. The van der Waals surface area contributed by atoms with Crippen molar-refractivity contribution < 1.29 is 27.5 Å². The summed E-state index contributed by atoms with van der Waals surface area (Å²) in [4.78, 5) is 30.3. The van der Waals surface area contributed by atoms with E-state index in [0.29, 0.717) is 54.3 Å². The van der Waals surface area contributed by atoms with Crippen LogP contribution in [-0.2, 0) is 19.6 Å². The van der Waals surface area contributed by atoms with E-state index in [0.717, 1.165) is 5.39 Å². The summed E-state index contributed by atoms with van der Waals surface area (Å²) in [5.74, 6) is -0.506. The van der Waals surface area contributed by atoms with Crippen LogP contribution in [0.4, 0.5) is 0 Å². The van der Waals surface area contributed by atoms with Gasteiger partial charge in [-0.1, -0.05) is 17.7 Å². The summed E-state index contributed by atoms with van der Waals surface area (Å²) in [6.07, 6.45) is 4.46. The van der Waals surface area contributed by atoms with Gasteiger partial charge in [0.15, 0.2) is 0 Å². The van der Waals surface area contributed by atoms with E-state index in [-0.39, 0.29) is 24.4 Å². The van der Waals surface area contributed by atoms with Crippen LogP contribution in [0.2, 0.25) is 5.02 Å². The minimum absolute atomic E-state index is 0. The normalized spacial score (nSPS) is 26.6. The van der Waals surface area contributed by atoms with Gasteiger partial charge in [0.1, 0.15) is 17.4 Å². The molecule has 3 aliphatic rings. The van der Waals surface area contributed by atoms with Gasteiger partial charge in [-0.15, -0.1) is 19.0 Å². The number of carbonyl (C=O) groups excluding carboxylic acids is 2. The quantitative estimate of drug-likeness (QED) is 0.390. The number of nitrogens with zero attached hydrogens (tertiary/aromatic N) is 1. The topological polar surface area (TPSA) is 136 Å². The number of rotatable bonds is 9. The predicted molar refractivity (Wildman–Crippen MR) is 141 cm³/mol. The number of ether oxygens (including phenoxy) is 2. The Morgan fingerprint density at radius 1 is 1.30 bits per heavy atom. The number of carbonyl (C=O) groups is 2. The Labute approximate surface area is 226 Å². The first kappa shape index (κ1) is 27.4. The zero-order valence-electron chi connectivity index (χ0n) is 20.0. The van der Waals surface area contributed by atoms with Gasteiger partial charge in [-0.05, 0) is 37.5 Å². The number of hydrogen-bond acceptors (Lipinski definition) is 8. The van der Waals surface area contributed by atoms with E-state index in [1.807, 2.05) is 6.07 Å². The zero-order chi connectivity index (χ0) is 25.7. The third-order valence-corrected chi connectivity index (χ3v) is 8.98. The molecular formula is C24H28Cl2N4O6S. The standard InChI is InChI=1S/C24H27ClN4O6S.ClH/c1-3-13-10-24(13,23(31)29-36(32,33)16-5-6-16)28-21(30)19-9-15(11-26-19)35-22-18-8-14(25)4-7-17(18)20(34-2)12-27-22;/h3-4,7-8,12-13,15-16,19,26H,1,5-6,9-11H2,2H3,(H,28,30)(H,29,31);1H. The molecule has 0 spiro atoms. The molecule has 1 aromatic heterocycles. The zero-order valence-corrected chi connectivity index (χ0v) is 22.4. The maximum Gasteiger partial charge on any atom is 0.259 e. The monoisotopic (exact) mass is 570 g/mol. The van der Waals surface area contributed by atoms with E-state index < -0.39 is 38.7 Å². The van der Waals surface area contributed by atoms with Crippen LogP contribution in [0.15, 0.2) is 37.1 Å². The van der Waals surface area contributed by atoms with E-state index in [2.05, 4.69) is 26.9 Å². The fourth-order valence-corrected chi connectivity index (χ4v) is 6.13. The summed E-state index contributed by atoms with van der Waals surface area (Å²) < 4.78 is 38.2. The number of aromatic nitrogens is 1. The Morgan fingerprint density at radius 2 is 2.05 bits per heavy atom. The highest BCUT2D eigenvalue weighted by atomic mass is 35.5. The molecule has 1 saturated heterocycles. The first-order valence-electron chi connectivity index (χ1n) is 11.7. The van der Waals surface area contributed by atoms with Crippen molar-refractivity contribution in [2.45, 2.75) is 48.6 Å². The van der Waals surface area contributed by atoms with E-state index >= 15 is 0 Å². The second kappa shape index (κ2) is 10.3. The van der Waals surface area contributed by atoms with Crippen LogP contribution in [0.25, 0.3) is 10.8 Å². The molecule has 0 bridgehead atoms. The number of benzene rings is 1. The molecule has 2 heterocycles. The SMILES string of the molecule is C=CC1CC1(NC(=O)C1CC(Oc2ncc(OC)c3ccc(Cl)cc23)CN1)C(=O)NS(=O)(=O)C1CC1.Cl. The molecule has 2 amide bonds. The van der Waals surface area contributed by atoms with Crippen molar-refractivity contribution in [2.24, 2.45) is 5.92 Å². The summed E-state index contributed by atoms with van der Waals surface area (Å²) in [5.41, 5.74) is -1.31. The van der Waals surface area contributed by atoms with Crippen molar-refractivity contribution in [1.82, 2.24) is 20.3 Å². The number of hydrogen-bond donors (Lipinski definition) is 3. The van der Waals surface area contributed by atoms with Crippen molar-refractivity contribution in [3.63, 3.8) is 0 Å². The molecule has 3 N–H and O–H groups in total. The van der Waals surface area contributed by atoms with Gasteiger partial charge in [0.25, 0.3) is 5.91 Å². The molecule has 0 radical (unpaired) electrons. The van der Waals surface area contributed by atoms with E-state index in [4.69, 9.17) is 21.1 Å². The molecule has 5 rings (SSSR count). The van der Waals surface area contributed by atoms with Crippen LogP contribution in [0.1, 0.15) is 25.7 Å². The van der Waals surface area contributed by atoms with Crippen molar-refractivity contribution in [3.05, 3.63) is 42.1 Å². The Morgan fingerprint density at radius 3 is 2.70 bits per heavy atom. The summed E-state index contributed by atoms with van der Waals surface area (Å²) in [6, 6.07) is 4.70. The smallest absolute Gasteiger partial charge is 0.259 e. The first-order valence-corrected chi connectivity index (χ1v) is 13.6. The number of halogens is 2. The summed E-state index contributed by atoms with van der Waals surface area (Å²) in [7, 11) is -2.18.